The summed E-state index contributed by atoms with van der Waals surface area (Å²) in [7, 11) is 0. The van der Waals surface area contributed by atoms with Crippen LogP contribution in [0.2, 0.25) is 0 Å². The first-order valence-corrected chi connectivity index (χ1v) is 64.2. The minimum absolute atomic E-state index is 0.272. The Labute approximate surface area is 826 Å². The summed E-state index contributed by atoms with van der Waals surface area (Å²) in [5.41, 5.74) is 0. The predicted octanol–water partition coefficient (Wildman–Crippen LogP) is 26.4. The number of carbonyl (C=O) groups excluding carboxylic acids is 6. The van der Waals surface area contributed by atoms with E-state index < -0.39 is 154 Å². The molecule has 129 heavy (non-hydrogen) atoms. The third kappa shape index (κ3) is 70.6. The van der Waals surface area contributed by atoms with Gasteiger partial charge in [0.25, 0.3) is 35.8 Å². The molecule has 3 heterocycles. The first kappa shape index (κ1) is 120. The van der Waals surface area contributed by atoms with Crippen LogP contribution in [-0.2, 0) is 77.1 Å². The fraction of sp³-hybridized carbons (Fsp3) is 0.750. The summed E-state index contributed by atoms with van der Waals surface area (Å²) in [5, 5.41) is 0. The van der Waals surface area contributed by atoms with Crippen molar-refractivity contribution in [3.63, 3.8) is 0 Å². The van der Waals surface area contributed by atoms with Gasteiger partial charge in [-0.25, -0.2) is 0 Å². The maximum absolute atomic E-state index is 12.9. The molecular weight excluding hydrogens is 1780 g/mol. The van der Waals surface area contributed by atoms with Gasteiger partial charge in [0.15, 0.2) is 0 Å². The Morgan fingerprint density at radius 2 is 0.287 bits per heavy atom. The molecule has 0 N–H and O–H groups in total. The molecule has 0 bridgehead atoms. The third-order valence-electron chi connectivity index (χ3n) is 22.7. The molecule has 3 aromatic carbocycles. The van der Waals surface area contributed by atoms with E-state index in [9.17, 15) is 28.8 Å². The molecular formula is C96H165Al9O24. The summed E-state index contributed by atoms with van der Waals surface area (Å²) in [6.07, 6.45) is 73.5. The van der Waals surface area contributed by atoms with E-state index in [4.69, 9.17) is 59.7 Å². The fourth-order valence-electron chi connectivity index (χ4n) is 15.0. The van der Waals surface area contributed by atoms with Crippen molar-refractivity contribution in [1.82, 2.24) is 0 Å². The molecule has 720 valence electrons. The standard InChI is InChI=1S/3C18H36O2.3C8H16O2.3C6H6O.9Al.9O/c3*1-2-3-4-5-6-7-8-9-10-11-12-13-14-15-16-17-18(19)20;3*1-2-3-4-5-6-7-8(9)10;3*7-6-4-2-1-3-5-6;;;;;;;;;;;;;;;;;;/h3*2-17H2,1H3,(H,19,20);3*2-7H2,1H3,(H,9,10);3*1-5,7H;;;;;;;;;;;;;;;;;;/q;;;;;;;;;9*+1;;;;;;;;;/p-9. The Bertz CT molecular complexity index is 2800. The lowest BCUT2D eigenvalue weighted by Gasteiger charge is -2.27. The summed E-state index contributed by atoms with van der Waals surface area (Å²) in [4.78, 5) is 75.5. The molecule has 0 saturated carbocycles. The van der Waals surface area contributed by atoms with Crippen molar-refractivity contribution in [2.24, 2.45) is 0 Å². The van der Waals surface area contributed by atoms with E-state index in [1.165, 1.54) is 231 Å². The van der Waals surface area contributed by atoms with Gasteiger partial charge >= 0.3 is 136 Å². The monoisotopic (exact) mass is 1950 g/mol. The fourth-order valence-corrected chi connectivity index (χ4v) is 36.1. The number of unbranched alkanes of at least 4 members (excludes halogenated alkanes) is 54. The largest absolute Gasteiger partial charge is 0.949 e. The average Bonchev–Trinajstić information content (AvgIpc) is 0.716. The smallest absolute Gasteiger partial charge is 0.601 e. The summed E-state index contributed by atoms with van der Waals surface area (Å²) in [6.45, 7) is 13.2. The maximum Gasteiger partial charge on any atom is 0.949 e. The Kier molecular flexibility index (Phi) is 80.3. The molecule has 6 rings (SSSR count). The SMILES string of the molecule is CCCCCCCC(=O)[O][Al]1[O][Al]([O]C(=O)CCCCCCC)[O][Al]([O]C(=O)CCCCCCC)[O]1.CCCCCCCCCCCCCCCCCC(=O)[O][Al]1[O][Al]([O]C(=O)CCCCCCCCCCCCCCCCC)[O][Al]([O]C(=O)CCCCCCCCCCCCCCCCC)[O]1.c1ccc([O][Al]2[O][Al]([O]c3ccccc3)[O][Al]([O]c3ccccc3)[O]2)cc1. The molecule has 3 aromatic rings. The van der Waals surface area contributed by atoms with Crippen LogP contribution in [0.5, 0.6) is 17.2 Å². The summed E-state index contributed by atoms with van der Waals surface area (Å²) < 4.78 is 103. The lowest BCUT2D eigenvalue weighted by Crippen LogP contribution is -2.56. The highest BCUT2D eigenvalue weighted by Crippen LogP contribution is 2.26. The lowest BCUT2D eigenvalue weighted by atomic mass is 10.0. The Morgan fingerprint density at radius 1 is 0.171 bits per heavy atom. The summed E-state index contributed by atoms with van der Waals surface area (Å²) in [6, 6.07) is 28.3. The van der Waals surface area contributed by atoms with Crippen LogP contribution in [0.4, 0.5) is 0 Å². The Balaban J connectivity index is 0.000000456. The third-order valence-corrected chi connectivity index (χ3v) is 42.8. The molecule has 3 saturated heterocycles. The molecule has 0 amide bonds. The van der Waals surface area contributed by atoms with Crippen LogP contribution in [0.3, 0.4) is 0 Å². The van der Waals surface area contributed by atoms with E-state index in [2.05, 4.69) is 41.5 Å². The molecule has 24 nitrogen and oxygen atoms in total. The zero-order valence-corrected chi connectivity index (χ0v) is 91.2. The van der Waals surface area contributed by atoms with Gasteiger partial charge < -0.3 is 59.7 Å². The molecule has 0 aromatic heterocycles. The zero-order chi connectivity index (χ0) is 92.4. The Morgan fingerprint density at radius 3 is 0.419 bits per heavy atom. The van der Waals surface area contributed by atoms with E-state index in [1.54, 1.807) is 0 Å². The summed E-state index contributed by atoms with van der Waals surface area (Å²) >= 11 is -25.6. The number of hydrogen-bond donors (Lipinski definition) is 0. The maximum atomic E-state index is 12.9. The summed E-state index contributed by atoms with van der Waals surface area (Å²) in [5.74, 6) is -0.283. The van der Waals surface area contributed by atoms with Gasteiger partial charge in [-0.15, -0.1) is 0 Å². The molecule has 3 aliphatic heterocycles. The van der Waals surface area contributed by atoms with Crippen molar-refractivity contribution in [3.05, 3.63) is 91.0 Å². The van der Waals surface area contributed by atoms with Crippen molar-refractivity contribution in [1.29, 1.82) is 0 Å². The molecule has 3 aliphatic rings. The van der Waals surface area contributed by atoms with Gasteiger partial charge in [-0.3, -0.25) is 28.8 Å². The van der Waals surface area contributed by atoms with Gasteiger partial charge in [0, 0.05) is 38.5 Å². The lowest BCUT2D eigenvalue weighted by molar-refractivity contribution is -0.143. The van der Waals surface area contributed by atoms with Crippen molar-refractivity contribution in [2.75, 3.05) is 0 Å². The van der Waals surface area contributed by atoms with Crippen LogP contribution in [0.15, 0.2) is 91.0 Å². The predicted molar refractivity (Wildman–Crippen MR) is 518 cm³/mol. The Hall–Kier alpha value is -1.69. The highest BCUT2D eigenvalue weighted by Gasteiger charge is 2.64. The molecule has 0 radical (unpaired) electrons. The van der Waals surface area contributed by atoms with Crippen molar-refractivity contribution < 1.29 is 88.4 Å². The number of hydrogen-bond acceptors (Lipinski definition) is 24. The van der Waals surface area contributed by atoms with Gasteiger partial charge in [-0.1, -0.05) is 443 Å². The minimum atomic E-state index is -3.05. The molecule has 0 spiro atoms. The van der Waals surface area contributed by atoms with Gasteiger partial charge in [-0.05, 0) is 74.9 Å². The normalized spacial score (nSPS) is 13.3. The number of carbonyl (C=O) groups is 6. The first-order valence-electron chi connectivity index (χ1n) is 51.5. The van der Waals surface area contributed by atoms with E-state index in [-0.39, 0.29) is 56.4 Å². The number of benzene rings is 3. The van der Waals surface area contributed by atoms with Crippen LogP contribution in [0.25, 0.3) is 0 Å². The zero-order valence-electron chi connectivity index (χ0n) is 80.8. The molecule has 0 atom stereocenters. The second-order valence-electron chi connectivity index (χ2n) is 34.6. The second-order valence-corrected chi connectivity index (χ2v) is 51.8. The second kappa shape index (κ2) is 86.6. The molecule has 0 unspecified atom stereocenters. The van der Waals surface area contributed by atoms with E-state index in [0.29, 0.717) is 17.2 Å². The van der Waals surface area contributed by atoms with Gasteiger partial charge in [0.05, 0.1) is 17.2 Å². The molecule has 3 fully saturated rings. The van der Waals surface area contributed by atoms with E-state index >= 15 is 0 Å². The van der Waals surface area contributed by atoms with Crippen molar-refractivity contribution in [2.45, 2.75) is 465 Å². The van der Waals surface area contributed by atoms with Gasteiger partial charge in [0.2, 0.25) is 0 Å². The minimum Gasteiger partial charge on any atom is -0.601 e. The van der Waals surface area contributed by atoms with Crippen LogP contribution in [0.1, 0.15) is 465 Å². The topological polar surface area (TPSA) is 269 Å². The van der Waals surface area contributed by atoms with Gasteiger partial charge in [0.1, 0.15) is 0 Å². The molecule has 33 heteroatoms. The van der Waals surface area contributed by atoms with Crippen molar-refractivity contribution in [3.8, 4) is 17.2 Å². The van der Waals surface area contributed by atoms with Crippen molar-refractivity contribution >= 4 is 172 Å². The van der Waals surface area contributed by atoms with E-state index in [0.717, 1.165) is 154 Å². The van der Waals surface area contributed by atoms with Crippen LogP contribution >= 0.6 is 0 Å². The molecule has 0 aliphatic carbocycles. The average molecular weight is 1950 g/mol. The van der Waals surface area contributed by atoms with E-state index in [1.807, 2.05) is 91.0 Å². The van der Waals surface area contributed by atoms with Crippen LogP contribution in [-0.4, -0.2) is 172 Å². The highest BCUT2D eigenvalue weighted by molar-refractivity contribution is 6.70. The van der Waals surface area contributed by atoms with Crippen LogP contribution in [0, 0.1) is 0 Å². The van der Waals surface area contributed by atoms with Gasteiger partial charge in [-0.2, -0.15) is 0 Å². The highest BCUT2D eigenvalue weighted by atomic mass is 27.4. The number of para-hydroxylation sites is 3. The quantitative estimate of drug-likeness (QED) is 0.0375. The van der Waals surface area contributed by atoms with Crippen LogP contribution < -0.4 is 11.4 Å². The first-order chi connectivity index (χ1) is 63.3. The number of rotatable bonds is 78.